The molecule has 1 fully saturated rings. The number of Topliss-reactive ketones (excluding diaryl/α,β-unsaturated/α-hetero) is 1. The lowest BCUT2D eigenvalue weighted by molar-refractivity contribution is -0.116. The van der Waals surface area contributed by atoms with Gasteiger partial charge in [0.15, 0.2) is 5.78 Å². The average molecular weight is 416 g/mol. The van der Waals surface area contributed by atoms with E-state index in [1.165, 1.54) is 15.5 Å². The molecule has 1 amide bonds. The zero-order valence-electron chi connectivity index (χ0n) is 16.6. The maximum atomic E-state index is 13.0. The van der Waals surface area contributed by atoms with Gasteiger partial charge in [-0.25, -0.2) is 0 Å². The van der Waals surface area contributed by atoms with Crippen LogP contribution in [0.4, 0.5) is 5.69 Å². The molecule has 29 heavy (non-hydrogen) atoms. The van der Waals surface area contributed by atoms with Crippen molar-refractivity contribution in [3.63, 3.8) is 0 Å². The predicted molar refractivity (Wildman–Crippen MR) is 112 cm³/mol. The van der Waals surface area contributed by atoms with Crippen LogP contribution in [0.25, 0.3) is 0 Å². The fourth-order valence-electron chi connectivity index (χ4n) is 3.29. The van der Waals surface area contributed by atoms with Gasteiger partial charge < -0.3 is 5.32 Å². The van der Waals surface area contributed by atoms with Crippen molar-refractivity contribution in [1.29, 1.82) is 0 Å². The van der Waals surface area contributed by atoms with E-state index in [9.17, 15) is 18.0 Å². The van der Waals surface area contributed by atoms with Crippen molar-refractivity contribution in [3.8, 4) is 0 Å². The van der Waals surface area contributed by atoms with Gasteiger partial charge in [-0.05, 0) is 43.5 Å². The highest BCUT2D eigenvalue weighted by atomic mass is 32.2. The smallest absolute Gasteiger partial charge is 0.282 e. The van der Waals surface area contributed by atoms with Gasteiger partial charge in [0.25, 0.3) is 10.2 Å². The Labute approximate surface area is 171 Å². The predicted octanol–water partition coefficient (Wildman–Crippen LogP) is 2.59. The monoisotopic (exact) mass is 415 g/mol. The van der Waals surface area contributed by atoms with E-state index in [0.29, 0.717) is 30.8 Å². The van der Waals surface area contributed by atoms with Crippen molar-refractivity contribution < 1.29 is 18.0 Å². The van der Waals surface area contributed by atoms with Crippen LogP contribution in [0, 0.1) is 6.92 Å². The number of nitrogens with one attached hydrogen (secondary N) is 1. The molecule has 0 bridgehead atoms. The Morgan fingerprint density at radius 2 is 1.76 bits per heavy atom. The molecule has 8 heteroatoms. The highest BCUT2D eigenvalue weighted by Gasteiger charge is 2.34. The van der Waals surface area contributed by atoms with Gasteiger partial charge in [0.1, 0.15) is 0 Å². The number of benzene rings is 2. The Kier molecular flexibility index (Phi) is 6.46. The van der Waals surface area contributed by atoms with Crippen molar-refractivity contribution >= 4 is 27.6 Å². The molecule has 0 aliphatic carbocycles. The molecule has 0 spiro atoms. The molecular formula is C21H25N3O4S. The first-order valence-electron chi connectivity index (χ1n) is 9.48. The highest BCUT2D eigenvalue weighted by molar-refractivity contribution is 7.86. The number of hydrogen-bond acceptors (Lipinski definition) is 4. The van der Waals surface area contributed by atoms with Gasteiger partial charge in [0.2, 0.25) is 5.91 Å². The van der Waals surface area contributed by atoms with E-state index in [0.717, 1.165) is 11.1 Å². The molecule has 0 radical (unpaired) electrons. The number of carbonyl (C=O) groups excluding carboxylic acids is 2. The van der Waals surface area contributed by atoms with Gasteiger partial charge in [-0.1, -0.05) is 36.4 Å². The van der Waals surface area contributed by atoms with Crippen LogP contribution in [0.1, 0.15) is 34.8 Å². The summed E-state index contributed by atoms with van der Waals surface area (Å²) in [4.78, 5) is 23.9. The minimum Gasteiger partial charge on any atom is -0.325 e. The Hall–Kier alpha value is -2.55. The molecule has 0 atom stereocenters. The minimum atomic E-state index is -3.74. The Bertz CT molecular complexity index is 1020. The van der Waals surface area contributed by atoms with E-state index in [-0.39, 0.29) is 18.9 Å². The van der Waals surface area contributed by atoms with Crippen molar-refractivity contribution in [2.75, 3.05) is 25.0 Å². The van der Waals surface area contributed by atoms with E-state index < -0.39 is 16.1 Å². The van der Waals surface area contributed by atoms with E-state index in [4.69, 9.17) is 0 Å². The van der Waals surface area contributed by atoms with Crippen molar-refractivity contribution in [2.45, 2.75) is 26.8 Å². The second kappa shape index (κ2) is 8.86. The number of ketones is 1. The lowest BCUT2D eigenvalue weighted by atomic mass is 10.1. The molecule has 3 rings (SSSR count). The van der Waals surface area contributed by atoms with Crippen LogP contribution in [0.3, 0.4) is 0 Å². The summed E-state index contributed by atoms with van der Waals surface area (Å²) in [6.45, 7) is 4.14. The molecule has 0 aromatic heterocycles. The highest BCUT2D eigenvalue weighted by Crippen LogP contribution is 2.21. The standard InChI is InChI=1S/C21H25N3O4S/c1-16-7-3-4-8-19(16)14-23-11-6-12-24(29(23,27)28)15-21(26)22-20-10-5-9-18(13-20)17(2)25/h3-5,7-10,13H,6,11-12,14-15H2,1-2H3,(H,22,26). The summed E-state index contributed by atoms with van der Waals surface area (Å²) < 4.78 is 28.6. The van der Waals surface area contributed by atoms with E-state index in [1.54, 1.807) is 24.3 Å². The summed E-state index contributed by atoms with van der Waals surface area (Å²) in [5.41, 5.74) is 2.93. The van der Waals surface area contributed by atoms with Gasteiger partial charge in [-0.3, -0.25) is 9.59 Å². The average Bonchev–Trinajstić information content (AvgIpc) is 2.67. The van der Waals surface area contributed by atoms with E-state index in [2.05, 4.69) is 5.32 Å². The van der Waals surface area contributed by atoms with Crippen LogP contribution in [-0.2, 0) is 21.5 Å². The second-order valence-corrected chi connectivity index (χ2v) is 9.07. The number of rotatable bonds is 6. The number of anilines is 1. The number of hydrogen-bond donors (Lipinski definition) is 1. The third-order valence-corrected chi connectivity index (χ3v) is 6.88. The SMILES string of the molecule is CC(=O)c1cccc(NC(=O)CN2CCCN(Cc3ccccc3C)S2(=O)=O)c1. The van der Waals surface area contributed by atoms with Gasteiger partial charge in [0, 0.05) is 30.9 Å². The summed E-state index contributed by atoms with van der Waals surface area (Å²) >= 11 is 0. The quantitative estimate of drug-likeness (QED) is 0.735. The number of amides is 1. The summed E-state index contributed by atoms with van der Waals surface area (Å²) in [7, 11) is -3.74. The normalized spacial score (nSPS) is 17.0. The van der Waals surface area contributed by atoms with Crippen LogP contribution in [-0.4, -0.2) is 48.4 Å². The third-order valence-electron chi connectivity index (χ3n) is 4.95. The first-order valence-corrected chi connectivity index (χ1v) is 10.9. The van der Waals surface area contributed by atoms with Crippen LogP contribution in [0.5, 0.6) is 0 Å². The maximum absolute atomic E-state index is 13.0. The lowest BCUT2D eigenvalue weighted by Crippen LogP contribution is -2.51. The molecule has 154 valence electrons. The largest absolute Gasteiger partial charge is 0.325 e. The van der Waals surface area contributed by atoms with Gasteiger partial charge in [-0.15, -0.1) is 0 Å². The summed E-state index contributed by atoms with van der Waals surface area (Å²) in [5.74, 6) is -0.543. The molecule has 0 saturated carbocycles. The molecule has 1 N–H and O–H groups in total. The van der Waals surface area contributed by atoms with Crippen molar-refractivity contribution in [1.82, 2.24) is 8.61 Å². The Balaban J connectivity index is 1.68. The summed E-state index contributed by atoms with van der Waals surface area (Å²) in [5, 5.41) is 2.68. The molecular weight excluding hydrogens is 390 g/mol. The maximum Gasteiger partial charge on any atom is 0.282 e. The zero-order valence-corrected chi connectivity index (χ0v) is 17.4. The molecule has 7 nitrogen and oxygen atoms in total. The summed E-state index contributed by atoms with van der Waals surface area (Å²) in [6.07, 6.45) is 0.651. The van der Waals surface area contributed by atoms with Crippen LogP contribution < -0.4 is 5.32 Å². The third kappa shape index (κ3) is 5.09. The van der Waals surface area contributed by atoms with Gasteiger partial charge in [0.05, 0.1) is 6.54 Å². The van der Waals surface area contributed by atoms with E-state index >= 15 is 0 Å². The Morgan fingerprint density at radius 1 is 1.03 bits per heavy atom. The number of carbonyl (C=O) groups is 2. The molecule has 1 heterocycles. The fraction of sp³-hybridized carbons (Fsp3) is 0.333. The molecule has 1 aliphatic heterocycles. The van der Waals surface area contributed by atoms with Crippen LogP contribution in [0.2, 0.25) is 0 Å². The van der Waals surface area contributed by atoms with Crippen molar-refractivity contribution in [3.05, 3.63) is 65.2 Å². The summed E-state index contributed by atoms with van der Waals surface area (Å²) in [6, 6.07) is 14.3. The number of nitrogens with zero attached hydrogens (tertiary/aromatic N) is 2. The van der Waals surface area contributed by atoms with Gasteiger partial charge >= 0.3 is 0 Å². The first-order chi connectivity index (χ1) is 13.8. The molecule has 2 aromatic carbocycles. The van der Waals surface area contributed by atoms with E-state index in [1.807, 2.05) is 31.2 Å². The minimum absolute atomic E-state index is 0.105. The fourth-order valence-corrected chi connectivity index (χ4v) is 4.92. The van der Waals surface area contributed by atoms with Crippen LogP contribution in [0.15, 0.2) is 48.5 Å². The molecule has 0 unspecified atom stereocenters. The molecule has 1 aliphatic rings. The zero-order chi connectivity index (χ0) is 21.0. The number of aryl methyl sites for hydroxylation is 1. The Morgan fingerprint density at radius 3 is 2.48 bits per heavy atom. The van der Waals surface area contributed by atoms with Crippen LogP contribution >= 0.6 is 0 Å². The van der Waals surface area contributed by atoms with Crippen molar-refractivity contribution in [2.24, 2.45) is 0 Å². The first kappa shape index (κ1) is 21.2. The van der Waals surface area contributed by atoms with Gasteiger partial charge in [-0.2, -0.15) is 17.0 Å². The second-order valence-electron chi connectivity index (χ2n) is 7.14. The molecule has 2 aromatic rings. The molecule has 1 saturated heterocycles. The topological polar surface area (TPSA) is 86.8 Å². The lowest BCUT2D eigenvalue weighted by Gasteiger charge is -2.34.